The maximum atomic E-state index is 5.76. The fourth-order valence-electron chi connectivity index (χ4n) is 3.10. The quantitative estimate of drug-likeness (QED) is 0.362. The molecule has 1 heterocycles. The van der Waals surface area contributed by atoms with Gasteiger partial charge in [0.15, 0.2) is 5.96 Å². The van der Waals surface area contributed by atoms with Crippen molar-refractivity contribution in [3.63, 3.8) is 0 Å². The topological polar surface area (TPSA) is 48.9 Å². The molecular weight excluding hydrogens is 439 g/mol. The molecule has 0 radical (unpaired) electrons. The highest BCUT2D eigenvalue weighted by Crippen LogP contribution is 2.21. The normalized spacial score (nSPS) is 16.1. The summed E-state index contributed by atoms with van der Waals surface area (Å²) in [4.78, 5) is 7.16. The van der Waals surface area contributed by atoms with Gasteiger partial charge in [0.2, 0.25) is 0 Å². The van der Waals surface area contributed by atoms with Crippen molar-refractivity contribution in [2.45, 2.75) is 40.2 Å². The lowest BCUT2D eigenvalue weighted by molar-refractivity contribution is 0.220. The second kappa shape index (κ2) is 12.4. The number of halogens is 1. The van der Waals surface area contributed by atoms with E-state index in [1.54, 1.807) is 0 Å². The summed E-state index contributed by atoms with van der Waals surface area (Å²) in [6.07, 6.45) is 2.52. The van der Waals surface area contributed by atoms with Gasteiger partial charge >= 0.3 is 0 Å². The first-order chi connectivity index (χ1) is 12.1. The third kappa shape index (κ3) is 7.70. The Morgan fingerprint density at radius 1 is 1.23 bits per heavy atom. The second-order valence-electron chi connectivity index (χ2n) is 6.87. The fraction of sp³-hybridized carbons (Fsp3) is 0.650. The SMILES string of the molecule is CCNC(=NCc1ccc(C)cc1OCC)NCC1CCN(C)CC1.I. The maximum Gasteiger partial charge on any atom is 0.191 e. The molecule has 0 bridgehead atoms. The summed E-state index contributed by atoms with van der Waals surface area (Å²) < 4.78 is 5.76. The Morgan fingerprint density at radius 2 is 1.96 bits per heavy atom. The van der Waals surface area contributed by atoms with Crippen LogP contribution in [0.1, 0.15) is 37.8 Å². The van der Waals surface area contributed by atoms with Crippen molar-refractivity contribution in [3.05, 3.63) is 29.3 Å². The smallest absolute Gasteiger partial charge is 0.191 e. The molecule has 0 spiro atoms. The minimum atomic E-state index is 0. The Balaban J connectivity index is 0.00000338. The predicted molar refractivity (Wildman–Crippen MR) is 121 cm³/mol. The van der Waals surface area contributed by atoms with Crippen molar-refractivity contribution in [1.29, 1.82) is 0 Å². The average molecular weight is 474 g/mol. The zero-order valence-electron chi connectivity index (χ0n) is 16.7. The number of hydrogen-bond donors (Lipinski definition) is 2. The zero-order chi connectivity index (χ0) is 18.1. The van der Waals surface area contributed by atoms with Crippen LogP contribution in [0.5, 0.6) is 5.75 Å². The lowest BCUT2D eigenvalue weighted by Crippen LogP contribution is -2.42. The number of aliphatic imine (C=N–C) groups is 1. The number of aryl methyl sites for hydroxylation is 1. The van der Waals surface area contributed by atoms with Crippen molar-refractivity contribution >= 4 is 29.9 Å². The van der Waals surface area contributed by atoms with Gasteiger partial charge in [0.05, 0.1) is 13.2 Å². The van der Waals surface area contributed by atoms with Crippen LogP contribution in [0.25, 0.3) is 0 Å². The van der Waals surface area contributed by atoms with Gasteiger partial charge in [-0.25, -0.2) is 4.99 Å². The van der Waals surface area contributed by atoms with E-state index in [0.717, 1.165) is 36.3 Å². The van der Waals surface area contributed by atoms with Crippen LogP contribution in [-0.4, -0.2) is 50.7 Å². The van der Waals surface area contributed by atoms with E-state index in [4.69, 9.17) is 9.73 Å². The number of rotatable bonds is 7. The van der Waals surface area contributed by atoms with E-state index in [2.05, 4.69) is 54.6 Å². The van der Waals surface area contributed by atoms with Crippen molar-refractivity contribution in [2.75, 3.05) is 39.8 Å². The predicted octanol–water partition coefficient (Wildman–Crippen LogP) is 3.41. The van der Waals surface area contributed by atoms with Gasteiger partial charge in [-0.15, -0.1) is 24.0 Å². The molecular formula is C20H35IN4O. The minimum absolute atomic E-state index is 0. The molecule has 0 aromatic heterocycles. The number of likely N-dealkylation sites (tertiary alicyclic amines) is 1. The van der Waals surface area contributed by atoms with Gasteiger partial charge in [-0.3, -0.25) is 0 Å². The maximum absolute atomic E-state index is 5.76. The molecule has 148 valence electrons. The highest BCUT2D eigenvalue weighted by atomic mass is 127. The Labute approximate surface area is 176 Å². The molecule has 1 aliphatic heterocycles. The number of guanidine groups is 1. The highest BCUT2D eigenvalue weighted by Gasteiger charge is 2.16. The number of ether oxygens (including phenoxy) is 1. The third-order valence-corrected chi connectivity index (χ3v) is 4.67. The lowest BCUT2D eigenvalue weighted by atomic mass is 9.97. The van der Waals surface area contributed by atoms with Gasteiger partial charge in [-0.2, -0.15) is 0 Å². The molecule has 6 heteroatoms. The van der Waals surface area contributed by atoms with Gasteiger partial charge in [-0.1, -0.05) is 12.1 Å². The molecule has 2 rings (SSSR count). The van der Waals surface area contributed by atoms with Gasteiger partial charge in [0.25, 0.3) is 0 Å². The van der Waals surface area contributed by atoms with Crippen LogP contribution in [0.3, 0.4) is 0 Å². The zero-order valence-corrected chi connectivity index (χ0v) is 19.0. The van der Waals surface area contributed by atoms with Crippen molar-refractivity contribution in [2.24, 2.45) is 10.9 Å². The molecule has 1 aliphatic rings. The van der Waals surface area contributed by atoms with E-state index in [1.165, 1.54) is 31.5 Å². The van der Waals surface area contributed by atoms with Crippen LogP contribution >= 0.6 is 24.0 Å². The van der Waals surface area contributed by atoms with Crippen LogP contribution < -0.4 is 15.4 Å². The van der Waals surface area contributed by atoms with E-state index in [9.17, 15) is 0 Å². The van der Waals surface area contributed by atoms with E-state index in [1.807, 2.05) is 6.92 Å². The summed E-state index contributed by atoms with van der Waals surface area (Å²) in [6, 6.07) is 6.32. The van der Waals surface area contributed by atoms with E-state index < -0.39 is 0 Å². The lowest BCUT2D eigenvalue weighted by Gasteiger charge is -2.29. The number of benzene rings is 1. The van der Waals surface area contributed by atoms with Gasteiger partial charge in [0.1, 0.15) is 5.75 Å². The Bertz CT molecular complexity index is 557. The van der Waals surface area contributed by atoms with E-state index in [0.29, 0.717) is 13.2 Å². The van der Waals surface area contributed by atoms with Crippen molar-refractivity contribution in [3.8, 4) is 5.75 Å². The first-order valence-corrected chi connectivity index (χ1v) is 9.55. The molecule has 26 heavy (non-hydrogen) atoms. The van der Waals surface area contributed by atoms with Crippen molar-refractivity contribution in [1.82, 2.24) is 15.5 Å². The summed E-state index contributed by atoms with van der Waals surface area (Å²) in [6.45, 7) is 11.8. The standard InChI is InChI=1S/C20H34N4O.HI/c1-5-21-20(22-14-17-9-11-24(4)12-10-17)23-15-18-8-7-16(3)13-19(18)25-6-2;/h7-8,13,17H,5-6,9-12,14-15H2,1-4H3,(H2,21,22,23);1H. The molecule has 5 nitrogen and oxygen atoms in total. The van der Waals surface area contributed by atoms with E-state index >= 15 is 0 Å². The van der Waals surface area contributed by atoms with Gasteiger partial charge < -0.3 is 20.3 Å². The van der Waals surface area contributed by atoms with Crippen molar-refractivity contribution < 1.29 is 4.74 Å². The average Bonchev–Trinajstić information content (AvgIpc) is 2.60. The number of nitrogens with zero attached hydrogens (tertiary/aromatic N) is 2. The summed E-state index contributed by atoms with van der Waals surface area (Å²) in [5.74, 6) is 2.57. The summed E-state index contributed by atoms with van der Waals surface area (Å²) >= 11 is 0. The molecule has 2 N–H and O–H groups in total. The Kier molecular flexibility index (Phi) is 11.0. The molecule has 0 atom stereocenters. The van der Waals surface area contributed by atoms with Crippen LogP contribution in [0.15, 0.2) is 23.2 Å². The third-order valence-electron chi connectivity index (χ3n) is 4.67. The first kappa shape index (κ1) is 23.0. The summed E-state index contributed by atoms with van der Waals surface area (Å²) in [5, 5.41) is 6.87. The molecule has 1 aromatic rings. The van der Waals surface area contributed by atoms with Crippen LogP contribution in [0.4, 0.5) is 0 Å². The molecule has 1 fully saturated rings. The first-order valence-electron chi connectivity index (χ1n) is 9.55. The largest absolute Gasteiger partial charge is 0.494 e. The van der Waals surface area contributed by atoms with Crippen LogP contribution in [0.2, 0.25) is 0 Å². The molecule has 1 aromatic carbocycles. The van der Waals surface area contributed by atoms with Gasteiger partial charge in [0, 0.05) is 18.7 Å². The molecule has 1 saturated heterocycles. The number of nitrogens with one attached hydrogen (secondary N) is 2. The molecule has 0 aliphatic carbocycles. The summed E-state index contributed by atoms with van der Waals surface area (Å²) in [7, 11) is 2.20. The van der Waals surface area contributed by atoms with Gasteiger partial charge in [-0.05, 0) is 71.3 Å². The minimum Gasteiger partial charge on any atom is -0.494 e. The highest BCUT2D eigenvalue weighted by molar-refractivity contribution is 14.0. The summed E-state index contributed by atoms with van der Waals surface area (Å²) in [5.41, 5.74) is 2.34. The van der Waals surface area contributed by atoms with E-state index in [-0.39, 0.29) is 24.0 Å². The molecule has 0 unspecified atom stereocenters. The molecule has 0 saturated carbocycles. The van der Waals surface area contributed by atoms with Crippen LogP contribution in [0, 0.1) is 12.8 Å². The second-order valence-corrected chi connectivity index (χ2v) is 6.87. The number of piperidine rings is 1. The van der Waals surface area contributed by atoms with Crippen LogP contribution in [-0.2, 0) is 6.54 Å². The molecule has 0 amide bonds. The monoisotopic (exact) mass is 474 g/mol. The number of hydrogen-bond acceptors (Lipinski definition) is 3. The Hall–Kier alpha value is -1.02. The Morgan fingerprint density at radius 3 is 2.62 bits per heavy atom. The fourth-order valence-corrected chi connectivity index (χ4v) is 3.10.